The third-order valence-corrected chi connectivity index (χ3v) is 8.54. The minimum absolute atomic E-state index is 0.117. The highest BCUT2D eigenvalue weighted by molar-refractivity contribution is 9.10. The number of hydrogen-bond acceptors (Lipinski definition) is 9. The summed E-state index contributed by atoms with van der Waals surface area (Å²) in [5, 5.41) is 0. The number of fused-ring (bicyclic) bond motifs is 2. The molecule has 0 aliphatic carbocycles. The fourth-order valence-electron chi connectivity index (χ4n) is 4.99. The van der Waals surface area contributed by atoms with Gasteiger partial charge in [-0.1, -0.05) is 17.4 Å². The number of hydrogen-bond donors (Lipinski definition) is 0. The number of esters is 1. The lowest BCUT2D eigenvalue weighted by Crippen LogP contribution is -2.39. The standard InChI is InChI=1S/C29H30BrN3O6S/c1-6-32(7-2)20-14-22(36-5)18(11-19(20)30)13-24-27(34)33-26(17-9-10-21-23(12-17)39-15-38-21)25(28(35)37-8-3)16(4)31-29(33)40-24/h9-14,26H,6-8,15H2,1-5H3/t26-/m1/s1. The van der Waals surface area contributed by atoms with Gasteiger partial charge in [-0.15, -0.1) is 0 Å². The van der Waals surface area contributed by atoms with Gasteiger partial charge < -0.3 is 23.8 Å². The second-order valence-electron chi connectivity index (χ2n) is 9.13. The molecule has 1 aromatic heterocycles. The SMILES string of the molecule is CCOC(=O)C1=C(C)N=c2sc(=Cc3cc(Br)c(N(CC)CC)cc3OC)c(=O)n2[C@@H]1c1ccc2c(c1)OCO2. The topological polar surface area (TPSA) is 91.6 Å². The van der Waals surface area contributed by atoms with E-state index in [4.69, 9.17) is 18.9 Å². The molecule has 0 spiro atoms. The summed E-state index contributed by atoms with van der Waals surface area (Å²) in [7, 11) is 1.61. The van der Waals surface area contributed by atoms with Crippen LogP contribution >= 0.6 is 27.3 Å². The van der Waals surface area contributed by atoms with Crippen LogP contribution in [0.2, 0.25) is 0 Å². The van der Waals surface area contributed by atoms with E-state index in [-0.39, 0.29) is 19.0 Å². The van der Waals surface area contributed by atoms with Crippen molar-refractivity contribution in [3.8, 4) is 17.2 Å². The number of nitrogens with zero attached hydrogens (tertiary/aromatic N) is 3. The van der Waals surface area contributed by atoms with Gasteiger partial charge in [0, 0.05) is 29.2 Å². The van der Waals surface area contributed by atoms with Gasteiger partial charge in [-0.2, -0.15) is 0 Å². The Bertz CT molecular complexity index is 1690. The molecule has 1 atom stereocenters. The van der Waals surface area contributed by atoms with E-state index in [2.05, 4.69) is 39.7 Å². The van der Waals surface area contributed by atoms with Crippen molar-refractivity contribution in [2.75, 3.05) is 38.5 Å². The van der Waals surface area contributed by atoms with E-state index in [9.17, 15) is 9.59 Å². The van der Waals surface area contributed by atoms with Crippen molar-refractivity contribution in [2.45, 2.75) is 33.7 Å². The van der Waals surface area contributed by atoms with Crippen LogP contribution in [0.4, 0.5) is 5.69 Å². The fourth-order valence-corrected chi connectivity index (χ4v) is 6.63. The summed E-state index contributed by atoms with van der Waals surface area (Å²) in [5.41, 5.74) is 2.99. The molecule has 0 unspecified atom stereocenters. The van der Waals surface area contributed by atoms with Crippen LogP contribution in [0.1, 0.15) is 44.9 Å². The van der Waals surface area contributed by atoms with E-state index in [1.54, 1.807) is 43.7 Å². The zero-order valence-corrected chi connectivity index (χ0v) is 25.3. The maximum Gasteiger partial charge on any atom is 0.338 e. The van der Waals surface area contributed by atoms with Crippen LogP contribution in [-0.2, 0) is 9.53 Å². The van der Waals surface area contributed by atoms with Gasteiger partial charge in [0.05, 0.1) is 41.2 Å². The predicted molar refractivity (Wildman–Crippen MR) is 157 cm³/mol. The number of ether oxygens (including phenoxy) is 4. The monoisotopic (exact) mass is 627 g/mol. The maximum absolute atomic E-state index is 14.0. The maximum atomic E-state index is 14.0. The number of carbonyl (C=O) groups excluding carboxylic acids is 1. The lowest BCUT2D eigenvalue weighted by Gasteiger charge is -2.24. The number of carbonyl (C=O) groups is 1. The Kier molecular flexibility index (Phi) is 8.04. The molecule has 0 bridgehead atoms. The Labute approximate surface area is 244 Å². The van der Waals surface area contributed by atoms with E-state index in [1.165, 1.54) is 11.3 Å². The van der Waals surface area contributed by atoms with Gasteiger partial charge in [0.1, 0.15) is 5.75 Å². The number of benzene rings is 2. The first-order valence-corrected chi connectivity index (χ1v) is 14.6. The molecule has 0 saturated carbocycles. The van der Waals surface area contributed by atoms with E-state index >= 15 is 0 Å². The Morgan fingerprint density at radius 2 is 1.95 bits per heavy atom. The first-order valence-electron chi connectivity index (χ1n) is 13.0. The molecule has 2 aliphatic rings. The quantitative estimate of drug-likeness (QED) is 0.347. The lowest BCUT2D eigenvalue weighted by molar-refractivity contribution is -0.139. The van der Waals surface area contributed by atoms with Gasteiger partial charge in [0.15, 0.2) is 16.3 Å². The predicted octanol–water partition coefficient (Wildman–Crippen LogP) is 4.14. The number of halogens is 1. The first-order chi connectivity index (χ1) is 19.3. The van der Waals surface area contributed by atoms with Crippen LogP contribution < -0.4 is 34.0 Å². The van der Waals surface area contributed by atoms with Crippen molar-refractivity contribution in [3.05, 3.63) is 76.9 Å². The van der Waals surface area contributed by atoms with Gasteiger partial charge in [-0.05, 0) is 73.5 Å². The molecule has 2 aromatic carbocycles. The molecule has 0 amide bonds. The molecule has 11 heteroatoms. The molecular weight excluding hydrogens is 598 g/mol. The van der Waals surface area contributed by atoms with E-state index in [0.717, 1.165) is 28.8 Å². The zero-order chi connectivity index (χ0) is 28.6. The number of methoxy groups -OCH3 is 1. The Hall–Kier alpha value is -3.57. The Morgan fingerprint density at radius 3 is 2.65 bits per heavy atom. The van der Waals surface area contributed by atoms with Gasteiger partial charge in [0.2, 0.25) is 6.79 Å². The normalized spacial score (nSPS) is 16.1. The van der Waals surface area contributed by atoms with Gasteiger partial charge >= 0.3 is 5.97 Å². The van der Waals surface area contributed by atoms with Crippen molar-refractivity contribution in [2.24, 2.45) is 4.99 Å². The highest BCUT2D eigenvalue weighted by atomic mass is 79.9. The highest BCUT2D eigenvalue weighted by Gasteiger charge is 2.34. The molecule has 3 aromatic rings. The van der Waals surface area contributed by atoms with E-state index < -0.39 is 12.0 Å². The molecule has 5 rings (SSSR count). The van der Waals surface area contributed by atoms with Crippen molar-refractivity contribution in [3.63, 3.8) is 0 Å². The summed E-state index contributed by atoms with van der Waals surface area (Å²) in [6.45, 7) is 9.71. The van der Waals surface area contributed by atoms with Gasteiger partial charge in [-0.25, -0.2) is 9.79 Å². The van der Waals surface area contributed by atoms with E-state index in [1.807, 2.05) is 18.2 Å². The van der Waals surface area contributed by atoms with Crippen molar-refractivity contribution < 1.29 is 23.7 Å². The molecule has 40 heavy (non-hydrogen) atoms. The minimum Gasteiger partial charge on any atom is -0.496 e. The second-order valence-corrected chi connectivity index (χ2v) is 11.0. The number of rotatable bonds is 8. The molecule has 0 fully saturated rings. The Balaban J connectivity index is 1.69. The number of thiazole rings is 1. The molecule has 0 saturated heterocycles. The van der Waals surface area contributed by atoms with Gasteiger partial charge in [-0.3, -0.25) is 9.36 Å². The zero-order valence-electron chi connectivity index (χ0n) is 22.9. The summed E-state index contributed by atoms with van der Waals surface area (Å²) in [6.07, 6.45) is 1.81. The smallest absolute Gasteiger partial charge is 0.338 e. The summed E-state index contributed by atoms with van der Waals surface area (Å²) < 4.78 is 25.1. The first kappa shape index (κ1) is 28.0. The molecule has 3 heterocycles. The van der Waals surface area contributed by atoms with Crippen molar-refractivity contribution in [1.82, 2.24) is 4.57 Å². The largest absolute Gasteiger partial charge is 0.496 e. The lowest BCUT2D eigenvalue weighted by atomic mass is 9.95. The van der Waals surface area contributed by atoms with Gasteiger partial charge in [0.25, 0.3) is 5.56 Å². The van der Waals surface area contributed by atoms with Crippen LogP contribution in [0, 0.1) is 0 Å². The van der Waals surface area contributed by atoms with Crippen LogP contribution in [0.3, 0.4) is 0 Å². The number of allylic oxidation sites excluding steroid dienone is 1. The summed E-state index contributed by atoms with van der Waals surface area (Å²) >= 11 is 4.96. The molecule has 0 radical (unpaired) electrons. The van der Waals surface area contributed by atoms with Crippen molar-refractivity contribution in [1.29, 1.82) is 0 Å². The third-order valence-electron chi connectivity index (χ3n) is 6.92. The molecule has 210 valence electrons. The number of aromatic nitrogens is 1. The molecular formula is C29H30BrN3O6S. The average Bonchev–Trinajstić information content (AvgIpc) is 3.53. The molecule has 2 aliphatic heterocycles. The molecule has 9 nitrogen and oxygen atoms in total. The van der Waals surface area contributed by atoms with Crippen LogP contribution in [0.15, 0.2) is 55.9 Å². The molecule has 0 N–H and O–H groups in total. The highest BCUT2D eigenvalue weighted by Crippen LogP contribution is 2.38. The third kappa shape index (κ3) is 4.92. The van der Waals surface area contributed by atoms with Crippen LogP contribution in [-0.4, -0.2) is 44.1 Å². The summed E-state index contributed by atoms with van der Waals surface area (Å²) in [4.78, 5) is 34.5. The second kappa shape index (κ2) is 11.5. The minimum atomic E-state index is -0.745. The summed E-state index contributed by atoms with van der Waals surface area (Å²) in [6, 6.07) is 8.60. The van der Waals surface area contributed by atoms with Crippen LogP contribution in [0.5, 0.6) is 17.2 Å². The van der Waals surface area contributed by atoms with Crippen LogP contribution in [0.25, 0.3) is 6.08 Å². The summed E-state index contributed by atoms with van der Waals surface area (Å²) in [5.74, 6) is 1.30. The number of anilines is 1. The fraction of sp³-hybridized carbons (Fsp3) is 0.345. The Morgan fingerprint density at radius 1 is 1.20 bits per heavy atom. The van der Waals surface area contributed by atoms with E-state index in [0.29, 0.717) is 43.4 Å². The van der Waals surface area contributed by atoms with Crippen molar-refractivity contribution >= 4 is 45.0 Å². The average molecular weight is 629 g/mol.